The minimum atomic E-state index is -0.449. The lowest BCUT2D eigenvalue weighted by Crippen LogP contribution is -2.04. The molecule has 0 unspecified atom stereocenters. The number of aryl methyl sites for hydroxylation is 2. The number of benzene rings is 1. The highest BCUT2D eigenvalue weighted by Crippen LogP contribution is 2.21. The number of ketones is 1. The van der Waals surface area contributed by atoms with Crippen LogP contribution in [0.3, 0.4) is 0 Å². The molecule has 1 aromatic carbocycles. The van der Waals surface area contributed by atoms with Crippen LogP contribution >= 0.6 is 22.9 Å². The zero-order valence-electron chi connectivity index (χ0n) is 9.96. The highest BCUT2D eigenvalue weighted by Gasteiger charge is 2.16. The fourth-order valence-electron chi connectivity index (χ4n) is 1.71. The Kier molecular flexibility index (Phi) is 3.78. The number of aromatic nitrogens is 1. The van der Waals surface area contributed by atoms with Gasteiger partial charge in [-0.05, 0) is 31.5 Å². The Morgan fingerprint density at radius 3 is 2.72 bits per heavy atom. The van der Waals surface area contributed by atoms with E-state index in [4.69, 9.17) is 11.6 Å². The number of thiazole rings is 1. The molecule has 0 aliphatic heterocycles. The topological polar surface area (TPSA) is 30.0 Å². The largest absolute Gasteiger partial charge is 0.293 e. The second-order valence-corrected chi connectivity index (χ2v) is 5.62. The standard InChI is InChI=1S/C13H11ClFNOS/c1-7-13(18-8(2)16-7)12(17)5-9-3-4-10(14)6-11(9)15/h3-4,6H,5H2,1-2H3. The molecule has 1 aromatic heterocycles. The summed E-state index contributed by atoms with van der Waals surface area (Å²) >= 11 is 7.01. The molecular weight excluding hydrogens is 273 g/mol. The van der Waals surface area contributed by atoms with Gasteiger partial charge in [0, 0.05) is 11.4 Å². The molecule has 18 heavy (non-hydrogen) atoms. The Hall–Kier alpha value is -1.26. The normalized spacial score (nSPS) is 10.7. The van der Waals surface area contributed by atoms with Crippen LogP contribution in [0.4, 0.5) is 4.39 Å². The van der Waals surface area contributed by atoms with Gasteiger partial charge in [-0.1, -0.05) is 17.7 Å². The maximum Gasteiger partial charge on any atom is 0.179 e. The minimum Gasteiger partial charge on any atom is -0.293 e. The summed E-state index contributed by atoms with van der Waals surface area (Å²) in [5.74, 6) is -0.561. The average molecular weight is 284 g/mol. The van der Waals surface area contributed by atoms with Gasteiger partial charge in [0.25, 0.3) is 0 Å². The van der Waals surface area contributed by atoms with Crippen molar-refractivity contribution < 1.29 is 9.18 Å². The lowest BCUT2D eigenvalue weighted by Gasteiger charge is -2.02. The van der Waals surface area contributed by atoms with E-state index in [1.807, 2.05) is 6.92 Å². The number of hydrogen-bond acceptors (Lipinski definition) is 3. The zero-order valence-corrected chi connectivity index (χ0v) is 11.5. The molecule has 94 valence electrons. The van der Waals surface area contributed by atoms with Gasteiger partial charge in [0.15, 0.2) is 5.78 Å². The summed E-state index contributed by atoms with van der Waals surface area (Å²) in [7, 11) is 0. The SMILES string of the molecule is Cc1nc(C)c(C(=O)Cc2ccc(Cl)cc2F)s1. The Bertz CT molecular complexity index is 609. The van der Waals surface area contributed by atoms with Crippen molar-refractivity contribution >= 4 is 28.7 Å². The second kappa shape index (κ2) is 5.16. The number of rotatable bonds is 3. The molecule has 0 bridgehead atoms. The van der Waals surface area contributed by atoms with Crippen LogP contribution in [-0.2, 0) is 6.42 Å². The van der Waals surface area contributed by atoms with Gasteiger partial charge in [-0.15, -0.1) is 11.3 Å². The summed E-state index contributed by atoms with van der Waals surface area (Å²) in [5.41, 5.74) is 1.06. The van der Waals surface area contributed by atoms with Crippen LogP contribution in [-0.4, -0.2) is 10.8 Å². The van der Waals surface area contributed by atoms with Crippen molar-refractivity contribution in [3.05, 3.63) is 50.2 Å². The van der Waals surface area contributed by atoms with E-state index in [0.717, 1.165) is 5.01 Å². The Morgan fingerprint density at radius 2 is 2.17 bits per heavy atom. The fourth-order valence-corrected chi connectivity index (χ4v) is 2.72. The predicted octanol–water partition coefficient (Wildman–Crippen LogP) is 3.98. The molecule has 0 amide bonds. The smallest absolute Gasteiger partial charge is 0.179 e. The van der Waals surface area contributed by atoms with Crippen LogP contribution in [0.1, 0.15) is 25.9 Å². The Morgan fingerprint density at radius 1 is 1.44 bits per heavy atom. The first-order valence-corrected chi connectivity index (χ1v) is 6.58. The first-order valence-electron chi connectivity index (χ1n) is 5.38. The van der Waals surface area contributed by atoms with Crippen LogP contribution in [0.15, 0.2) is 18.2 Å². The first kappa shape index (κ1) is 13.2. The molecule has 2 nitrogen and oxygen atoms in total. The van der Waals surface area contributed by atoms with Gasteiger partial charge in [-0.2, -0.15) is 0 Å². The van der Waals surface area contributed by atoms with Gasteiger partial charge >= 0.3 is 0 Å². The summed E-state index contributed by atoms with van der Waals surface area (Å²) in [6.45, 7) is 3.63. The molecule has 0 N–H and O–H groups in total. The molecule has 1 heterocycles. The first-order chi connectivity index (χ1) is 8.47. The van der Waals surface area contributed by atoms with Crippen LogP contribution in [0.2, 0.25) is 5.02 Å². The number of hydrogen-bond donors (Lipinski definition) is 0. The molecule has 0 saturated carbocycles. The number of carbonyl (C=O) groups excluding carboxylic acids is 1. The molecule has 0 atom stereocenters. The lowest BCUT2D eigenvalue weighted by molar-refractivity contribution is 0.0995. The minimum absolute atomic E-state index is 0.0332. The van der Waals surface area contributed by atoms with Crippen LogP contribution in [0.25, 0.3) is 0 Å². The van der Waals surface area contributed by atoms with Gasteiger partial charge in [0.05, 0.1) is 15.6 Å². The van der Waals surface area contributed by atoms with Crippen molar-refractivity contribution in [3.8, 4) is 0 Å². The van der Waals surface area contributed by atoms with E-state index in [0.29, 0.717) is 21.2 Å². The Balaban J connectivity index is 2.24. The van der Waals surface area contributed by atoms with Gasteiger partial charge in [0.1, 0.15) is 5.82 Å². The molecule has 0 fully saturated rings. The second-order valence-electron chi connectivity index (χ2n) is 3.98. The van der Waals surface area contributed by atoms with E-state index < -0.39 is 5.82 Å². The molecule has 2 rings (SSSR count). The third-order valence-electron chi connectivity index (χ3n) is 2.52. The highest BCUT2D eigenvalue weighted by molar-refractivity contribution is 7.13. The number of carbonyl (C=O) groups is 1. The van der Waals surface area contributed by atoms with Gasteiger partial charge < -0.3 is 0 Å². The molecule has 0 aliphatic rings. The van der Waals surface area contributed by atoms with Gasteiger partial charge in [-0.25, -0.2) is 9.37 Å². The summed E-state index contributed by atoms with van der Waals surface area (Å²) in [6.07, 6.45) is 0.0332. The summed E-state index contributed by atoms with van der Waals surface area (Å²) in [6, 6.07) is 4.34. The quantitative estimate of drug-likeness (QED) is 0.798. The van der Waals surface area contributed by atoms with E-state index in [9.17, 15) is 9.18 Å². The number of halogens is 2. The maximum absolute atomic E-state index is 13.6. The van der Waals surface area contributed by atoms with Crippen LogP contribution < -0.4 is 0 Å². The summed E-state index contributed by atoms with van der Waals surface area (Å²) < 4.78 is 13.6. The monoisotopic (exact) mass is 283 g/mol. The highest BCUT2D eigenvalue weighted by atomic mass is 35.5. The molecular formula is C13H11ClFNOS. The third-order valence-corrected chi connectivity index (χ3v) is 3.87. The predicted molar refractivity (Wildman–Crippen MR) is 71.0 cm³/mol. The van der Waals surface area contributed by atoms with Gasteiger partial charge in [0.2, 0.25) is 0 Å². The van der Waals surface area contributed by atoms with Crippen molar-refractivity contribution in [2.24, 2.45) is 0 Å². The lowest BCUT2D eigenvalue weighted by atomic mass is 10.1. The molecule has 0 spiro atoms. The van der Waals surface area contributed by atoms with Crippen LogP contribution in [0, 0.1) is 19.7 Å². The van der Waals surface area contributed by atoms with E-state index >= 15 is 0 Å². The van der Waals surface area contributed by atoms with Crippen molar-refractivity contribution in [1.82, 2.24) is 4.98 Å². The molecule has 0 radical (unpaired) electrons. The summed E-state index contributed by atoms with van der Waals surface area (Å²) in [5, 5.41) is 1.17. The van der Waals surface area contributed by atoms with Crippen molar-refractivity contribution in [1.29, 1.82) is 0 Å². The molecule has 5 heteroatoms. The Labute approximate surface area is 113 Å². The van der Waals surface area contributed by atoms with Crippen molar-refractivity contribution in [3.63, 3.8) is 0 Å². The third kappa shape index (κ3) is 2.76. The van der Waals surface area contributed by atoms with Crippen LogP contribution in [0.5, 0.6) is 0 Å². The van der Waals surface area contributed by atoms with Gasteiger partial charge in [-0.3, -0.25) is 4.79 Å². The van der Waals surface area contributed by atoms with E-state index in [2.05, 4.69) is 4.98 Å². The number of nitrogens with zero attached hydrogens (tertiary/aromatic N) is 1. The fraction of sp³-hybridized carbons (Fsp3) is 0.231. The van der Waals surface area contributed by atoms with E-state index in [-0.39, 0.29) is 12.2 Å². The van der Waals surface area contributed by atoms with E-state index in [1.54, 1.807) is 19.1 Å². The van der Waals surface area contributed by atoms with Crippen molar-refractivity contribution in [2.75, 3.05) is 0 Å². The molecule has 0 saturated heterocycles. The maximum atomic E-state index is 13.6. The molecule has 2 aromatic rings. The van der Waals surface area contributed by atoms with E-state index in [1.165, 1.54) is 17.4 Å². The average Bonchev–Trinajstić information content (AvgIpc) is 2.62. The zero-order chi connectivity index (χ0) is 13.3. The number of Topliss-reactive ketones (excluding diaryl/α,β-unsaturated/α-hetero) is 1. The van der Waals surface area contributed by atoms with Crippen molar-refractivity contribution in [2.45, 2.75) is 20.3 Å². The summed E-state index contributed by atoms with van der Waals surface area (Å²) in [4.78, 5) is 16.8. The molecule has 0 aliphatic carbocycles.